The van der Waals surface area contributed by atoms with Gasteiger partial charge in [0.25, 0.3) is 11.7 Å². The highest BCUT2D eigenvalue weighted by Gasteiger charge is 2.47. The molecule has 7 nitrogen and oxygen atoms in total. The minimum atomic E-state index is -0.838. The Bertz CT molecular complexity index is 1420. The average Bonchev–Trinajstić information content (AvgIpc) is 3.15. The zero-order valence-electron chi connectivity index (χ0n) is 22.1. The third-order valence-electron chi connectivity index (χ3n) is 6.53. The molecule has 1 heterocycles. The van der Waals surface area contributed by atoms with Gasteiger partial charge >= 0.3 is 5.97 Å². The van der Waals surface area contributed by atoms with E-state index in [-0.39, 0.29) is 29.8 Å². The predicted molar refractivity (Wildman–Crippen MR) is 145 cm³/mol. The first-order valence-electron chi connectivity index (χ1n) is 12.4. The fourth-order valence-electron chi connectivity index (χ4n) is 4.64. The van der Waals surface area contributed by atoms with E-state index in [0.717, 1.165) is 16.7 Å². The molecule has 0 bridgehead atoms. The summed E-state index contributed by atoms with van der Waals surface area (Å²) in [5.74, 6) is -1.45. The highest BCUT2D eigenvalue weighted by Crippen LogP contribution is 2.43. The van der Waals surface area contributed by atoms with Gasteiger partial charge in [-0.1, -0.05) is 36.4 Å². The van der Waals surface area contributed by atoms with Crippen molar-refractivity contribution in [2.75, 3.05) is 12.0 Å². The fourth-order valence-corrected chi connectivity index (χ4v) is 4.64. The number of esters is 1. The van der Waals surface area contributed by atoms with Gasteiger partial charge in [0.15, 0.2) is 0 Å². The first kappa shape index (κ1) is 26.7. The van der Waals surface area contributed by atoms with Crippen molar-refractivity contribution in [3.05, 3.63) is 100 Å². The lowest BCUT2D eigenvalue weighted by molar-refractivity contribution is -0.139. The van der Waals surface area contributed by atoms with E-state index < -0.39 is 17.7 Å². The van der Waals surface area contributed by atoms with E-state index in [2.05, 4.69) is 0 Å². The number of aliphatic hydroxyl groups excluding tert-OH is 1. The monoisotopic (exact) mass is 513 g/mol. The molecule has 3 aromatic carbocycles. The van der Waals surface area contributed by atoms with Gasteiger partial charge in [0.1, 0.15) is 11.5 Å². The number of methoxy groups -OCH3 is 1. The maximum absolute atomic E-state index is 13.5. The van der Waals surface area contributed by atoms with Crippen LogP contribution in [0.15, 0.2) is 72.3 Å². The van der Waals surface area contributed by atoms with Crippen LogP contribution in [-0.4, -0.2) is 36.0 Å². The average molecular weight is 514 g/mol. The minimum Gasteiger partial charge on any atom is -0.507 e. The molecule has 0 aliphatic carbocycles. The normalized spacial score (nSPS) is 16.7. The third-order valence-corrected chi connectivity index (χ3v) is 6.53. The Morgan fingerprint density at radius 1 is 0.974 bits per heavy atom. The molecule has 1 saturated heterocycles. The van der Waals surface area contributed by atoms with E-state index in [9.17, 15) is 19.5 Å². The second-order valence-electron chi connectivity index (χ2n) is 9.59. The van der Waals surface area contributed by atoms with Gasteiger partial charge in [-0.2, -0.15) is 0 Å². The number of aryl methyl sites for hydroxylation is 2. The number of Topliss-reactive ketones (excluding diaryl/α,β-unsaturated/α-hetero) is 1. The molecule has 0 radical (unpaired) electrons. The van der Waals surface area contributed by atoms with Crippen LogP contribution in [0.25, 0.3) is 5.76 Å². The van der Waals surface area contributed by atoms with Crippen molar-refractivity contribution in [3.8, 4) is 5.75 Å². The van der Waals surface area contributed by atoms with Crippen LogP contribution in [0.2, 0.25) is 0 Å². The van der Waals surface area contributed by atoms with Crippen LogP contribution in [0.5, 0.6) is 5.75 Å². The van der Waals surface area contributed by atoms with Gasteiger partial charge in [0, 0.05) is 11.3 Å². The van der Waals surface area contributed by atoms with E-state index >= 15 is 0 Å². The first-order valence-corrected chi connectivity index (χ1v) is 12.4. The minimum absolute atomic E-state index is 0.0138. The Hall–Kier alpha value is -4.39. The van der Waals surface area contributed by atoms with Crippen molar-refractivity contribution in [1.29, 1.82) is 0 Å². The van der Waals surface area contributed by atoms with E-state index in [1.54, 1.807) is 42.5 Å². The van der Waals surface area contributed by atoms with E-state index in [1.807, 2.05) is 52.0 Å². The number of nitrogens with zero attached hydrogens (tertiary/aromatic N) is 1. The molecule has 0 spiro atoms. The summed E-state index contributed by atoms with van der Waals surface area (Å²) in [4.78, 5) is 40.0. The number of aliphatic hydroxyl groups is 1. The van der Waals surface area contributed by atoms with E-state index in [1.165, 1.54) is 12.0 Å². The molecule has 1 aliphatic heterocycles. The number of anilines is 1. The maximum Gasteiger partial charge on any atom is 0.309 e. The third kappa shape index (κ3) is 5.18. The van der Waals surface area contributed by atoms with Crippen LogP contribution in [0.1, 0.15) is 47.7 Å². The molecule has 0 aromatic heterocycles. The van der Waals surface area contributed by atoms with Gasteiger partial charge in [-0.05, 0) is 80.3 Å². The zero-order chi connectivity index (χ0) is 27.6. The largest absolute Gasteiger partial charge is 0.507 e. The molecule has 1 fully saturated rings. The van der Waals surface area contributed by atoms with Crippen LogP contribution in [0, 0.1) is 13.8 Å². The van der Waals surface area contributed by atoms with Crippen LogP contribution >= 0.6 is 0 Å². The van der Waals surface area contributed by atoms with Crippen LogP contribution < -0.4 is 9.64 Å². The summed E-state index contributed by atoms with van der Waals surface area (Å²) in [5.41, 5.74) is 4.01. The smallest absolute Gasteiger partial charge is 0.309 e. The lowest BCUT2D eigenvalue weighted by Gasteiger charge is -2.27. The summed E-state index contributed by atoms with van der Waals surface area (Å²) in [6.45, 7) is 7.62. The molecular formula is C31H31NO6. The summed E-state index contributed by atoms with van der Waals surface area (Å²) >= 11 is 0. The highest BCUT2D eigenvalue weighted by atomic mass is 16.5. The first-order chi connectivity index (χ1) is 18.1. The number of hydrogen-bond acceptors (Lipinski definition) is 6. The SMILES string of the molecule is COC(=O)Cc1ccc(N2C(=O)C(=O)/C(=C(/O)c3ccc(OC(C)C)c(C)c3)C2c2ccccc2C)cc1. The quantitative estimate of drug-likeness (QED) is 0.196. The molecule has 1 atom stereocenters. The molecule has 3 aromatic rings. The number of amides is 1. The molecule has 196 valence electrons. The van der Waals surface area contributed by atoms with Gasteiger partial charge in [0.2, 0.25) is 0 Å². The number of carbonyl (C=O) groups is 3. The van der Waals surface area contributed by atoms with Crippen LogP contribution in [0.4, 0.5) is 5.69 Å². The van der Waals surface area contributed by atoms with Crippen molar-refractivity contribution in [2.45, 2.75) is 46.3 Å². The Balaban J connectivity index is 1.84. The number of benzene rings is 3. The molecule has 1 amide bonds. The number of hydrogen-bond donors (Lipinski definition) is 1. The highest BCUT2D eigenvalue weighted by molar-refractivity contribution is 6.51. The Kier molecular flexibility index (Phi) is 7.67. The Morgan fingerprint density at radius 2 is 1.66 bits per heavy atom. The number of rotatable bonds is 7. The standard InChI is InChI=1S/C31H31NO6/c1-18(2)38-25-15-12-22(16-20(25)4)29(34)27-28(24-9-7-6-8-19(24)3)32(31(36)30(27)35)23-13-10-21(11-14-23)17-26(33)37-5/h6-16,18,28,34H,17H2,1-5H3/b29-27+. The van der Waals surface area contributed by atoms with Crippen molar-refractivity contribution < 1.29 is 29.0 Å². The van der Waals surface area contributed by atoms with Crippen molar-refractivity contribution in [1.82, 2.24) is 0 Å². The van der Waals surface area contributed by atoms with Crippen LogP contribution in [0.3, 0.4) is 0 Å². The summed E-state index contributed by atoms with van der Waals surface area (Å²) in [7, 11) is 1.32. The second-order valence-corrected chi connectivity index (χ2v) is 9.59. The molecule has 38 heavy (non-hydrogen) atoms. The van der Waals surface area contributed by atoms with E-state index in [0.29, 0.717) is 22.6 Å². The van der Waals surface area contributed by atoms with Crippen molar-refractivity contribution >= 4 is 29.1 Å². The summed E-state index contributed by atoms with van der Waals surface area (Å²) in [6, 6.07) is 18.6. The number of ether oxygens (including phenoxy) is 2. The maximum atomic E-state index is 13.5. The van der Waals surface area contributed by atoms with Gasteiger partial charge in [-0.15, -0.1) is 0 Å². The fraction of sp³-hybridized carbons (Fsp3) is 0.258. The molecular weight excluding hydrogens is 482 g/mol. The molecule has 1 N–H and O–H groups in total. The van der Waals surface area contributed by atoms with Gasteiger partial charge < -0.3 is 14.6 Å². The molecule has 1 aliphatic rings. The summed E-state index contributed by atoms with van der Waals surface area (Å²) in [5, 5.41) is 11.5. The van der Waals surface area contributed by atoms with Crippen LogP contribution in [-0.2, 0) is 25.5 Å². The lowest BCUT2D eigenvalue weighted by Crippen LogP contribution is -2.29. The summed E-state index contributed by atoms with van der Waals surface area (Å²) < 4.78 is 10.5. The zero-order valence-corrected chi connectivity index (χ0v) is 22.1. The topological polar surface area (TPSA) is 93.1 Å². The Labute approximate surface area is 222 Å². The van der Waals surface area contributed by atoms with Gasteiger partial charge in [-0.3, -0.25) is 19.3 Å². The number of carbonyl (C=O) groups excluding carboxylic acids is 3. The molecule has 7 heteroatoms. The second kappa shape index (κ2) is 10.9. The molecule has 0 saturated carbocycles. The number of ketones is 1. The molecule has 1 unspecified atom stereocenters. The summed E-state index contributed by atoms with van der Waals surface area (Å²) in [6.07, 6.45) is 0.0747. The predicted octanol–water partition coefficient (Wildman–Crippen LogP) is 5.43. The van der Waals surface area contributed by atoms with E-state index in [4.69, 9.17) is 9.47 Å². The molecule has 4 rings (SSSR count). The lowest BCUT2D eigenvalue weighted by atomic mass is 9.92. The van der Waals surface area contributed by atoms with Gasteiger partial charge in [-0.25, -0.2) is 0 Å². The van der Waals surface area contributed by atoms with Gasteiger partial charge in [0.05, 0.1) is 31.2 Å². The van der Waals surface area contributed by atoms with Crippen molar-refractivity contribution in [2.24, 2.45) is 0 Å². The Morgan fingerprint density at radius 3 is 2.26 bits per heavy atom. The van der Waals surface area contributed by atoms with Crippen molar-refractivity contribution in [3.63, 3.8) is 0 Å².